The molecule has 0 aromatic heterocycles. The van der Waals surface area contributed by atoms with Gasteiger partial charge in [-0.3, -0.25) is 0 Å². The maximum atomic E-state index is 11.7. The van der Waals surface area contributed by atoms with Crippen molar-refractivity contribution in [2.24, 2.45) is 0 Å². The molecule has 0 bridgehead atoms. The minimum absolute atomic E-state index is 0.325. The van der Waals surface area contributed by atoms with Gasteiger partial charge < -0.3 is 14.6 Å². The lowest BCUT2D eigenvalue weighted by molar-refractivity contribution is -0.130. The highest BCUT2D eigenvalue weighted by Gasteiger charge is 2.22. The summed E-state index contributed by atoms with van der Waals surface area (Å²) < 4.78 is 10.5. The van der Waals surface area contributed by atoms with E-state index in [9.17, 15) is 14.7 Å². The molecule has 0 heterocycles. The van der Waals surface area contributed by atoms with E-state index in [1.807, 2.05) is 42.5 Å². The number of rotatable bonds is 7. The molecule has 0 aliphatic carbocycles. The Balaban J connectivity index is 1.92. The third kappa shape index (κ3) is 5.88. The van der Waals surface area contributed by atoms with E-state index in [4.69, 9.17) is 9.47 Å². The average molecular weight is 457 g/mol. The predicted octanol–water partition coefficient (Wildman–Crippen LogP) is 6.21. The highest BCUT2D eigenvalue weighted by Crippen LogP contribution is 2.36. The van der Waals surface area contributed by atoms with Crippen LogP contribution in [0.2, 0.25) is 0 Å². The molecule has 5 nitrogen and oxygen atoms in total. The molecule has 174 valence electrons. The van der Waals surface area contributed by atoms with Gasteiger partial charge in [0, 0.05) is 11.1 Å². The van der Waals surface area contributed by atoms with E-state index in [1.165, 1.54) is 0 Å². The number of hydrogen-bond donors (Lipinski definition) is 1. The van der Waals surface area contributed by atoms with Gasteiger partial charge >= 0.3 is 11.9 Å². The molecule has 0 aliphatic rings. The van der Waals surface area contributed by atoms with Gasteiger partial charge in [0.1, 0.15) is 11.5 Å². The van der Waals surface area contributed by atoms with Crippen molar-refractivity contribution in [3.05, 3.63) is 96.6 Å². The van der Waals surface area contributed by atoms with E-state index < -0.39 is 17.5 Å². The highest BCUT2D eigenvalue weighted by atomic mass is 16.5. The quantitative estimate of drug-likeness (QED) is 0.260. The van der Waals surface area contributed by atoms with Gasteiger partial charge in [-0.1, -0.05) is 49.6 Å². The van der Waals surface area contributed by atoms with Gasteiger partial charge in [-0.15, -0.1) is 0 Å². The molecule has 0 radical (unpaired) electrons. The third-order valence-corrected chi connectivity index (χ3v) is 5.15. The number of carbonyl (C=O) groups excluding carboxylic acids is 2. The largest absolute Gasteiger partial charge is 0.423 e. The molecule has 0 saturated heterocycles. The molecule has 34 heavy (non-hydrogen) atoms. The van der Waals surface area contributed by atoms with Crippen molar-refractivity contribution in [1.29, 1.82) is 0 Å². The summed E-state index contributed by atoms with van der Waals surface area (Å²) in [6.45, 7) is 13.8. The fraction of sp³-hybridized carbons (Fsp3) is 0.172. The second kappa shape index (κ2) is 9.89. The van der Waals surface area contributed by atoms with E-state index in [0.29, 0.717) is 22.6 Å². The third-order valence-electron chi connectivity index (χ3n) is 5.15. The number of benzene rings is 3. The van der Waals surface area contributed by atoms with Gasteiger partial charge in [0.2, 0.25) is 0 Å². The molecule has 0 saturated carbocycles. The molecule has 3 aromatic rings. The fourth-order valence-corrected chi connectivity index (χ4v) is 3.29. The Morgan fingerprint density at radius 1 is 0.706 bits per heavy atom. The zero-order valence-corrected chi connectivity index (χ0v) is 19.8. The van der Waals surface area contributed by atoms with Crippen molar-refractivity contribution in [2.45, 2.75) is 33.3 Å². The highest BCUT2D eigenvalue weighted by molar-refractivity contribution is 5.89. The maximum absolute atomic E-state index is 11.7. The number of carbonyl (C=O) groups is 2. The maximum Gasteiger partial charge on any atom is 0.338 e. The summed E-state index contributed by atoms with van der Waals surface area (Å²) in [4.78, 5) is 23.5. The summed E-state index contributed by atoms with van der Waals surface area (Å²) in [5, 5.41) is 10.9. The Bertz CT molecular complexity index is 1240. The summed E-state index contributed by atoms with van der Waals surface area (Å²) in [5.74, 6) is -0.0920. The molecule has 0 amide bonds. The zero-order chi connectivity index (χ0) is 25.0. The SMILES string of the molecule is C=C(C)C(=O)Oc1ccc(-c2ccc(-c3ccc(OC(=O)C(=C)C)cc3)c(C(C)(C)O)c2)cc1. The fourth-order valence-electron chi connectivity index (χ4n) is 3.29. The molecule has 1 N–H and O–H groups in total. The minimum atomic E-state index is -1.10. The standard InChI is InChI=1S/C29H28O5/c1-18(2)27(30)33-23-12-7-20(8-13-23)22-11-16-25(26(17-22)29(5,6)32)21-9-14-24(15-10-21)34-28(31)19(3)4/h7-17,32H,1,3H2,2,4-6H3. The van der Waals surface area contributed by atoms with Crippen molar-refractivity contribution in [3.8, 4) is 33.8 Å². The summed E-state index contributed by atoms with van der Waals surface area (Å²) >= 11 is 0. The van der Waals surface area contributed by atoms with Crippen LogP contribution in [0.1, 0.15) is 33.3 Å². The second-order valence-corrected chi connectivity index (χ2v) is 8.71. The van der Waals surface area contributed by atoms with Crippen LogP contribution in [0.15, 0.2) is 91.0 Å². The topological polar surface area (TPSA) is 72.8 Å². The van der Waals surface area contributed by atoms with Crippen LogP contribution in [0.4, 0.5) is 0 Å². The summed E-state index contributed by atoms with van der Waals surface area (Å²) in [5.41, 5.74) is 3.85. The van der Waals surface area contributed by atoms with Crippen LogP contribution in [0.3, 0.4) is 0 Å². The Labute approximate surface area is 200 Å². The molecule has 0 unspecified atom stereocenters. The number of esters is 2. The molecular weight excluding hydrogens is 428 g/mol. The normalized spacial score (nSPS) is 11.0. The van der Waals surface area contributed by atoms with Crippen LogP contribution in [0, 0.1) is 0 Å². The molecule has 3 rings (SSSR count). The van der Waals surface area contributed by atoms with Gasteiger partial charge in [-0.25, -0.2) is 9.59 Å². The first-order valence-corrected chi connectivity index (χ1v) is 10.8. The Kier molecular flexibility index (Phi) is 7.18. The van der Waals surface area contributed by atoms with Crippen LogP contribution in [0.5, 0.6) is 11.5 Å². The number of aliphatic hydroxyl groups is 1. The van der Waals surface area contributed by atoms with Gasteiger partial charge in [-0.2, -0.15) is 0 Å². The van der Waals surface area contributed by atoms with Crippen LogP contribution >= 0.6 is 0 Å². The summed E-state index contributed by atoms with van der Waals surface area (Å²) in [6.07, 6.45) is 0. The van der Waals surface area contributed by atoms with Crippen molar-refractivity contribution in [3.63, 3.8) is 0 Å². The molecule has 0 fully saturated rings. The molecule has 3 aromatic carbocycles. The van der Waals surface area contributed by atoms with Gasteiger partial charge in [0.15, 0.2) is 0 Å². The van der Waals surface area contributed by atoms with Crippen molar-refractivity contribution in [1.82, 2.24) is 0 Å². The second-order valence-electron chi connectivity index (χ2n) is 8.71. The van der Waals surface area contributed by atoms with Crippen molar-refractivity contribution >= 4 is 11.9 Å². The molecule has 5 heteroatoms. The first-order valence-electron chi connectivity index (χ1n) is 10.8. The van der Waals surface area contributed by atoms with Crippen LogP contribution in [-0.2, 0) is 15.2 Å². The van der Waals surface area contributed by atoms with Crippen LogP contribution < -0.4 is 9.47 Å². The van der Waals surface area contributed by atoms with Crippen molar-refractivity contribution < 1.29 is 24.2 Å². The molecule has 0 spiro atoms. The van der Waals surface area contributed by atoms with E-state index in [2.05, 4.69) is 13.2 Å². The van der Waals surface area contributed by atoms with E-state index in [1.54, 1.807) is 52.0 Å². The average Bonchev–Trinajstić information content (AvgIpc) is 2.79. The lowest BCUT2D eigenvalue weighted by Crippen LogP contribution is -2.17. The molecular formula is C29H28O5. The van der Waals surface area contributed by atoms with E-state index >= 15 is 0 Å². The Morgan fingerprint density at radius 2 is 1.12 bits per heavy atom. The lowest BCUT2D eigenvalue weighted by atomic mass is 9.87. The van der Waals surface area contributed by atoms with Crippen molar-refractivity contribution in [2.75, 3.05) is 0 Å². The van der Waals surface area contributed by atoms with E-state index in [-0.39, 0.29) is 0 Å². The van der Waals surface area contributed by atoms with Crippen LogP contribution in [-0.4, -0.2) is 17.0 Å². The predicted molar refractivity (Wildman–Crippen MR) is 133 cm³/mol. The zero-order valence-electron chi connectivity index (χ0n) is 19.8. The Hall–Kier alpha value is -3.96. The first-order chi connectivity index (χ1) is 16.0. The van der Waals surface area contributed by atoms with Gasteiger partial charge in [0.05, 0.1) is 5.60 Å². The van der Waals surface area contributed by atoms with Gasteiger partial charge in [0.25, 0.3) is 0 Å². The first kappa shape index (κ1) is 24.7. The summed E-state index contributed by atoms with van der Waals surface area (Å²) in [6, 6.07) is 20.1. The lowest BCUT2D eigenvalue weighted by Gasteiger charge is -2.23. The van der Waals surface area contributed by atoms with Gasteiger partial charge in [-0.05, 0) is 85.8 Å². The smallest absolute Gasteiger partial charge is 0.338 e. The minimum Gasteiger partial charge on any atom is -0.423 e. The molecule has 0 aliphatic heterocycles. The van der Waals surface area contributed by atoms with Crippen LogP contribution in [0.25, 0.3) is 22.3 Å². The number of ether oxygens (including phenoxy) is 2. The van der Waals surface area contributed by atoms with E-state index in [0.717, 1.165) is 27.8 Å². The monoisotopic (exact) mass is 456 g/mol. The number of hydrogen-bond acceptors (Lipinski definition) is 5. The molecule has 0 atom stereocenters. The summed E-state index contributed by atoms with van der Waals surface area (Å²) in [7, 11) is 0. The Morgan fingerprint density at radius 3 is 1.53 bits per heavy atom.